The minimum Gasteiger partial charge on any atom is -0.326 e. The van der Waals surface area contributed by atoms with Gasteiger partial charge in [-0.25, -0.2) is 0 Å². The van der Waals surface area contributed by atoms with Gasteiger partial charge in [-0.1, -0.05) is 30.3 Å². The van der Waals surface area contributed by atoms with Crippen molar-refractivity contribution in [3.8, 4) is 0 Å². The maximum Gasteiger partial charge on any atom is 0.0208 e. The minimum atomic E-state index is 0. The summed E-state index contributed by atoms with van der Waals surface area (Å²) in [5.41, 5.74) is 7.28. The van der Waals surface area contributed by atoms with Gasteiger partial charge in [0.15, 0.2) is 0 Å². The van der Waals surface area contributed by atoms with E-state index in [2.05, 4.69) is 29.2 Å². The molecule has 1 aromatic rings. The standard InChI is InChI=1S/C11H18N2.2ClH/c1-13(2)9-11(12)8-10-6-4-3-5-7-10;;/h3-7,11H,8-9,12H2,1-2H3;2*1H/t11-;;/m1../s1. The number of hydrogen-bond acceptors (Lipinski definition) is 2. The first-order valence-electron chi connectivity index (χ1n) is 4.62. The summed E-state index contributed by atoms with van der Waals surface area (Å²) in [7, 11) is 4.09. The zero-order valence-electron chi connectivity index (χ0n) is 9.22. The first-order chi connectivity index (χ1) is 6.18. The molecule has 1 aromatic carbocycles. The molecule has 88 valence electrons. The topological polar surface area (TPSA) is 29.3 Å². The highest BCUT2D eigenvalue weighted by molar-refractivity contribution is 5.85. The molecule has 0 aromatic heterocycles. The van der Waals surface area contributed by atoms with Crippen molar-refractivity contribution in [3.05, 3.63) is 35.9 Å². The SMILES string of the molecule is CN(C)C[C@H](N)Cc1ccccc1.Cl.Cl. The summed E-state index contributed by atoms with van der Waals surface area (Å²) in [4.78, 5) is 2.12. The molecule has 0 fully saturated rings. The van der Waals surface area contributed by atoms with E-state index < -0.39 is 0 Å². The van der Waals surface area contributed by atoms with E-state index in [1.807, 2.05) is 20.2 Å². The van der Waals surface area contributed by atoms with Crippen LogP contribution in [0, 0.1) is 0 Å². The lowest BCUT2D eigenvalue weighted by Gasteiger charge is -2.16. The summed E-state index contributed by atoms with van der Waals surface area (Å²) >= 11 is 0. The van der Waals surface area contributed by atoms with Crippen molar-refractivity contribution in [1.29, 1.82) is 0 Å². The number of rotatable bonds is 4. The molecule has 0 aliphatic rings. The lowest BCUT2D eigenvalue weighted by Crippen LogP contribution is -2.34. The van der Waals surface area contributed by atoms with Crippen LogP contribution in [0.3, 0.4) is 0 Å². The fourth-order valence-corrected chi connectivity index (χ4v) is 1.45. The molecule has 0 bridgehead atoms. The Morgan fingerprint density at radius 2 is 1.67 bits per heavy atom. The van der Waals surface area contributed by atoms with Gasteiger partial charge in [-0.2, -0.15) is 0 Å². The molecule has 15 heavy (non-hydrogen) atoms. The number of benzene rings is 1. The van der Waals surface area contributed by atoms with E-state index >= 15 is 0 Å². The van der Waals surface area contributed by atoms with E-state index in [1.54, 1.807) is 0 Å². The van der Waals surface area contributed by atoms with E-state index in [1.165, 1.54) is 5.56 Å². The van der Waals surface area contributed by atoms with Gasteiger partial charge in [0, 0.05) is 12.6 Å². The average molecular weight is 251 g/mol. The van der Waals surface area contributed by atoms with Crippen LogP contribution in [0.1, 0.15) is 5.56 Å². The third-order valence-electron chi connectivity index (χ3n) is 1.94. The van der Waals surface area contributed by atoms with Crippen LogP contribution >= 0.6 is 24.8 Å². The lowest BCUT2D eigenvalue weighted by molar-refractivity contribution is 0.371. The van der Waals surface area contributed by atoms with E-state index in [9.17, 15) is 0 Å². The van der Waals surface area contributed by atoms with Gasteiger partial charge in [0.1, 0.15) is 0 Å². The maximum atomic E-state index is 5.96. The van der Waals surface area contributed by atoms with Crippen LogP contribution in [-0.4, -0.2) is 31.6 Å². The van der Waals surface area contributed by atoms with Crippen molar-refractivity contribution in [3.63, 3.8) is 0 Å². The first-order valence-corrected chi connectivity index (χ1v) is 4.62. The summed E-state index contributed by atoms with van der Waals surface area (Å²) in [6.07, 6.45) is 0.957. The summed E-state index contributed by atoms with van der Waals surface area (Å²) < 4.78 is 0. The molecule has 2 N–H and O–H groups in total. The van der Waals surface area contributed by atoms with Crippen LogP contribution < -0.4 is 5.73 Å². The second kappa shape index (κ2) is 8.98. The molecule has 0 aliphatic heterocycles. The van der Waals surface area contributed by atoms with Gasteiger partial charge in [-0.05, 0) is 26.1 Å². The Morgan fingerprint density at radius 3 is 2.13 bits per heavy atom. The van der Waals surface area contributed by atoms with E-state index in [0.29, 0.717) is 0 Å². The van der Waals surface area contributed by atoms with E-state index in [4.69, 9.17) is 5.73 Å². The van der Waals surface area contributed by atoms with Crippen LogP contribution in [0.25, 0.3) is 0 Å². The van der Waals surface area contributed by atoms with Crippen LogP contribution in [0.5, 0.6) is 0 Å². The smallest absolute Gasteiger partial charge is 0.0208 e. The predicted molar refractivity (Wildman–Crippen MR) is 71.2 cm³/mol. The van der Waals surface area contributed by atoms with Gasteiger partial charge in [0.05, 0.1) is 0 Å². The quantitative estimate of drug-likeness (QED) is 0.886. The number of likely N-dealkylation sites (N-methyl/N-ethyl adjacent to an activating group) is 1. The highest BCUT2D eigenvalue weighted by Gasteiger charge is 2.04. The Kier molecular flexibility index (Phi) is 10.3. The van der Waals surface area contributed by atoms with Gasteiger partial charge in [-0.15, -0.1) is 24.8 Å². The largest absolute Gasteiger partial charge is 0.326 e. The summed E-state index contributed by atoms with van der Waals surface area (Å²) in [5.74, 6) is 0. The molecule has 0 aliphatic carbocycles. The highest BCUT2D eigenvalue weighted by atomic mass is 35.5. The number of hydrogen-bond donors (Lipinski definition) is 1. The molecule has 0 unspecified atom stereocenters. The Hall–Kier alpha value is -0.280. The van der Waals surface area contributed by atoms with Crippen molar-refractivity contribution in [2.75, 3.05) is 20.6 Å². The molecular formula is C11H20Cl2N2. The van der Waals surface area contributed by atoms with Gasteiger partial charge in [-0.3, -0.25) is 0 Å². The van der Waals surface area contributed by atoms with Gasteiger partial charge in [0.2, 0.25) is 0 Å². The molecule has 1 atom stereocenters. The maximum absolute atomic E-state index is 5.96. The van der Waals surface area contributed by atoms with Gasteiger partial charge >= 0.3 is 0 Å². The number of halogens is 2. The number of nitrogens with two attached hydrogens (primary N) is 1. The predicted octanol–water partition coefficient (Wildman–Crippen LogP) is 1.96. The summed E-state index contributed by atoms with van der Waals surface area (Å²) in [5, 5.41) is 0. The van der Waals surface area contributed by atoms with Crippen molar-refractivity contribution < 1.29 is 0 Å². The van der Waals surface area contributed by atoms with Crippen molar-refractivity contribution in [2.24, 2.45) is 5.73 Å². The highest BCUT2D eigenvalue weighted by Crippen LogP contribution is 2.01. The summed E-state index contributed by atoms with van der Waals surface area (Å²) in [6.45, 7) is 0.939. The first kappa shape index (κ1) is 17.1. The zero-order valence-corrected chi connectivity index (χ0v) is 10.9. The van der Waals surface area contributed by atoms with E-state index in [-0.39, 0.29) is 30.9 Å². The second-order valence-electron chi connectivity index (χ2n) is 3.71. The zero-order chi connectivity index (χ0) is 9.68. The molecule has 2 nitrogen and oxygen atoms in total. The van der Waals surface area contributed by atoms with Crippen molar-refractivity contribution >= 4 is 24.8 Å². The molecule has 0 radical (unpaired) electrons. The third-order valence-corrected chi connectivity index (χ3v) is 1.94. The van der Waals surface area contributed by atoms with Crippen molar-refractivity contribution in [2.45, 2.75) is 12.5 Å². The molecule has 0 spiro atoms. The van der Waals surface area contributed by atoms with E-state index in [0.717, 1.165) is 13.0 Å². The fourth-order valence-electron chi connectivity index (χ4n) is 1.45. The van der Waals surface area contributed by atoms with Gasteiger partial charge < -0.3 is 10.6 Å². The third kappa shape index (κ3) is 7.63. The molecule has 4 heteroatoms. The average Bonchev–Trinajstić information content (AvgIpc) is 2.04. The molecular weight excluding hydrogens is 231 g/mol. The lowest BCUT2D eigenvalue weighted by atomic mass is 10.1. The molecule has 0 heterocycles. The van der Waals surface area contributed by atoms with Crippen LogP contribution in [0.15, 0.2) is 30.3 Å². The molecule has 1 rings (SSSR count). The van der Waals surface area contributed by atoms with Gasteiger partial charge in [0.25, 0.3) is 0 Å². The van der Waals surface area contributed by atoms with Crippen LogP contribution in [0.4, 0.5) is 0 Å². The Labute approximate surface area is 105 Å². The summed E-state index contributed by atoms with van der Waals surface area (Å²) in [6, 6.07) is 10.6. The van der Waals surface area contributed by atoms with Crippen LogP contribution in [-0.2, 0) is 6.42 Å². The Morgan fingerprint density at radius 1 is 1.13 bits per heavy atom. The Bertz CT molecular complexity index is 240. The Balaban J connectivity index is 0. The molecule has 0 saturated carbocycles. The fraction of sp³-hybridized carbons (Fsp3) is 0.455. The molecule has 0 amide bonds. The normalized spacial score (nSPS) is 11.5. The minimum absolute atomic E-state index is 0. The second-order valence-corrected chi connectivity index (χ2v) is 3.71. The van der Waals surface area contributed by atoms with Crippen molar-refractivity contribution in [1.82, 2.24) is 4.90 Å². The molecule has 0 saturated heterocycles. The monoisotopic (exact) mass is 250 g/mol. The number of nitrogens with zero attached hydrogens (tertiary/aromatic N) is 1. The van der Waals surface area contributed by atoms with Crippen LogP contribution in [0.2, 0.25) is 0 Å².